The van der Waals surface area contributed by atoms with Gasteiger partial charge in [0, 0.05) is 59.5 Å². The molecule has 1 aromatic carbocycles. The number of hydrogen-bond acceptors (Lipinski definition) is 5. The quantitative estimate of drug-likeness (QED) is 0.616. The maximum absolute atomic E-state index is 11.5. The molecule has 2 heterocycles. The molecule has 0 radical (unpaired) electrons. The highest BCUT2D eigenvalue weighted by Gasteiger charge is 2.34. The van der Waals surface area contributed by atoms with Crippen LogP contribution in [0, 0.1) is 10.1 Å². The minimum atomic E-state index is -0.806. The number of nitrogens with zero attached hydrogens (tertiary/aromatic N) is 2. The Bertz CT molecular complexity index is 620. The molecule has 0 unspecified atom stereocenters. The second-order valence-electron chi connectivity index (χ2n) is 6.08. The summed E-state index contributed by atoms with van der Waals surface area (Å²) < 4.78 is 17.3. The maximum atomic E-state index is 11.5. The number of fused-ring (bicyclic) bond motifs is 1. The van der Waals surface area contributed by atoms with Crippen molar-refractivity contribution in [1.29, 1.82) is 0 Å². The second-order valence-corrected chi connectivity index (χ2v) is 7.78. The minimum absolute atomic E-state index is 0.114. The zero-order valence-corrected chi connectivity index (χ0v) is 12.9. The van der Waals surface area contributed by atoms with Gasteiger partial charge in [-0.25, -0.2) is 0 Å². The van der Waals surface area contributed by atoms with E-state index in [0.717, 1.165) is 11.3 Å². The van der Waals surface area contributed by atoms with E-state index < -0.39 is 10.8 Å². The number of anilines is 1. The van der Waals surface area contributed by atoms with Crippen LogP contribution in [0.5, 0.6) is 5.75 Å². The summed E-state index contributed by atoms with van der Waals surface area (Å²) in [4.78, 5) is 13.0. The third-order valence-electron chi connectivity index (χ3n) is 3.88. The number of rotatable bonds is 2. The monoisotopic (exact) mass is 310 g/mol. The molecule has 7 heteroatoms. The lowest BCUT2D eigenvalue weighted by Crippen LogP contribution is -2.38. The van der Waals surface area contributed by atoms with E-state index in [9.17, 15) is 14.3 Å². The highest BCUT2D eigenvalue weighted by Crippen LogP contribution is 2.42. The van der Waals surface area contributed by atoms with Gasteiger partial charge in [-0.2, -0.15) is 0 Å². The molecule has 2 aliphatic rings. The predicted octanol–water partition coefficient (Wildman–Crippen LogP) is 1.88. The zero-order chi connectivity index (χ0) is 15.2. The number of benzene rings is 1. The van der Waals surface area contributed by atoms with Crippen molar-refractivity contribution < 1.29 is 13.9 Å². The average Bonchev–Trinajstić information content (AvgIpc) is 2.71. The number of nitro groups is 1. The van der Waals surface area contributed by atoms with Crippen molar-refractivity contribution >= 4 is 22.2 Å². The average molecular weight is 310 g/mol. The van der Waals surface area contributed by atoms with Gasteiger partial charge in [-0.15, -0.1) is 0 Å². The Labute approximate surface area is 125 Å². The van der Waals surface area contributed by atoms with Crippen molar-refractivity contribution in [2.45, 2.75) is 25.9 Å². The van der Waals surface area contributed by atoms with E-state index >= 15 is 0 Å². The highest BCUT2D eigenvalue weighted by molar-refractivity contribution is 7.85. The lowest BCUT2D eigenvalue weighted by atomic mass is 10.0. The number of nitro benzene ring substituents is 1. The molecular formula is C14H18N2O4S. The van der Waals surface area contributed by atoms with Crippen LogP contribution in [-0.4, -0.2) is 39.3 Å². The van der Waals surface area contributed by atoms with Gasteiger partial charge in [-0.05, 0) is 13.8 Å². The molecule has 0 bridgehead atoms. The van der Waals surface area contributed by atoms with Gasteiger partial charge in [0.05, 0.1) is 4.92 Å². The van der Waals surface area contributed by atoms with E-state index in [1.807, 2.05) is 18.7 Å². The summed E-state index contributed by atoms with van der Waals surface area (Å²) in [6.45, 7) is 5.11. The summed E-state index contributed by atoms with van der Waals surface area (Å²) in [5.41, 5.74) is 1.25. The van der Waals surface area contributed by atoms with Crippen molar-refractivity contribution in [1.82, 2.24) is 0 Å². The predicted molar refractivity (Wildman–Crippen MR) is 81.6 cm³/mol. The highest BCUT2D eigenvalue weighted by atomic mass is 32.2. The van der Waals surface area contributed by atoms with Crippen LogP contribution >= 0.6 is 0 Å². The smallest absolute Gasteiger partial charge is 0.293 e. The first-order valence-corrected chi connectivity index (χ1v) is 8.45. The van der Waals surface area contributed by atoms with Crippen molar-refractivity contribution in [2.24, 2.45) is 0 Å². The van der Waals surface area contributed by atoms with E-state index in [-0.39, 0.29) is 16.2 Å². The Morgan fingerprint density at radius 2 is 2.00 bits per heavy atom. The summed E-state index contributed by atoms with van der Waals surface area (Å²) in [7, 11) is -0.806. The van der Waals surface area contributed by atoms with E-state index in [0.29, 0.717) is 36.7 Å². The van der Waals surface area contributed by atoms with Crippen LogP contribution in [0.15, 0.2) is 12.1 Å². The molecule has 0 saturated carbocycles. The molecule has 0 aromatic heterocycles. The Morgan fingerprint density at radius 1 is 1.33 bits per heavy atom. The third-order valence-corrected chi connectivity index (χ3v) is 5.15. The molecule has 6 nitrogen and oxygen atoms in total. The van der Waals surface area contributed by atoms with Crippen molar-refractivity contribution in [3.63, 3.8) is 0 Å². The minimum Gasteiger partial charge on any atom is -0.487 e. The molecule has 1 aromatic rings. The van der Waals surface area contributed by atoms with Gasteiger partial charge >= 0.3 is 0 Å². The fraction of sp³-hybridized carbons (Fsp3) is 0.571. The van der Waals surface area contributed by atoms with Crippen LogP contribution in [0.4, 0.5) is 11.4 Å². The Hall–Kier alpha value is -1.63. The Morgan fingerprint density at radius 3 is 2.62 bits per heavy atom. The summed E-state index contributed by atoms with van der Waals surface area (Å²) in [6.07, 6.45) is 0.674. The van der Waals surface area contributed by atoms with Gasteiger partial charge in [0.15, 0.2) is 0 Å². The van der Waals surface area contributed by atoms with Gasteiger partial charge in [0.1, 0.15) is 17.0 Å². The Kier molecular flexibility index (Phi) is 3.39. The molecule has 0 amide bonds. The SMILES string of the molecule is CC1(C)Cc2cc([N+](=O)[O-])c(N3CCS(=O)CC3)cc2O1. The lowest BCUT2D eigenvalue weighted by Gasteiger charge is -2.28. The largest absolute Gasteiger partial charge is 0.487 e. The first kappa shape index (κ1) is 14.3. The third kappa shape index (κ3) is 2.74. The van der Waals surface area contributed by atoms with Crippen LogP contribution in [0.2, 0.25) is 0 Å². The van der Waals surface area contributed by atoms with Gasteiger partial charge < -0.3 is 9.64 Å². The molecule has 0 N–H and O–H groups in total. The molecule has 3 rings (SSSR count). The molecule has 114 valence electrons. The maximum Gasteiger partial charge on any atom is 0.293 e. The van der Waals surface area contributed by atoms with Crippen LogP contribution in [0.3, 0.4) is 0 Å². The first-order valence-electron chi connectivity index (χ1n) is 6.96. The molecule has 0 aliphatic carbocycles. The standard InChI is InChI=1S/C14H18N2O4S/c1-14(2)9-10-7-12(16(17)18)11(8-13(10)20-14)15-3-5-21(19)6-4-15/h7-8H,3-6,9H2,1-2H3. The summed E-state index contributed by atoms with van der Waals surface area (Å²) >= 11 is 0. The summed E-state index contributed by atoms with van der Waals surface area (Å²) in [5, 5.41) is 11.4. The van der Waals surface area contributed by atoms with E-state index in [1.165, 1.54) is 0 Å². The Balaban J connectivity index is 2.00. The number of ether oxygens (including phenoxy) is 1. The van der Waals surface area contributed by atoms with Gasteiger partial charge in [0.2, 0.25) is 0 Å². The molecule has 0 spiro atoms. The van der Waals surface area contributed by atoms with Crippen LogP contribution < -0.4 is 9.64 Å². The fourth-order valence-corrected chi connectivity index (χ4v) is 3.96. The summed E-state index contributed by atoms with van der Waals surface area (Å²) in [6, 6.07) is 3.40. The van der Waals surface area contributed by atoms with Gasteiger partial charge in [-0.1, -0.05) is 0 Å². The summed E-state index contributed by atoms with van der Waals surface area (Å²) in [5.74, 6) is 1.84. The van der Waals surface area contributed by atoms with Crippen LogP contribution in [0.1, 0.15) is 19.4 Å². The van der Waals surface area contributed by atoms with E-state index in [1.54, 1.807) is 12.1 Å². The van der Waals surface area contributed by atoms with Gasteiger partial charge in [-0.3, -0.25) is 14.3 Å². The first-order chi connectivity index (χ1) is 9.85. The molecule has 0 atom stereocenters. The second kappa shape index (κ2) is 4.98. The number of hydrogen-bond donors (Lipinski definition) is 0. The van der Waals surface area contributed by atoms with Crippen LogP contribution in [0.25, 0.3) is 0 Å². The van der Waals surface area contributed by atoms with Crippen LogP contribution in [-0.2, 0) is 17.2 Å². The van der Waals surface area contributed by atoms with Crippen molar-refractivity contribution in [3.05, 3.63) is 27.8 Å². The molecular weight excluding hydrogens is 292 g/mol. The normalized spacial score (nSPS) is 21.0. The fourth-order valence-electron chi connectivity index (χ4n) is 2.90. The van der Waals surface area contributed by atoms with E-state index in [2.05, 4.69) is 0 Å². The zero-order valence-electron chi connectivity index (χ0n) is 12.1. The molecule has 2 aliphatic heterocycles. The molecule has 21 heavy (non-hydrogen) atoms. The topological polar surface area (TPSA) is 72.7 Å². The molecule has 1 fully saturated rings. The van der Waals surface area contributed by atoms with E-state index in [4.69, 9.17) is 4.74 Å². The molecule has 1 saturated heterocycles. The van der Waals surface area contributed by atoms with Crippen molar-refractivity contribution in [3.8, 4) is 5.75 Å². The lowest BCUT2D eigenvalue weighted by molar-refractivity contribution is -0.384. The van der Waals surface area contributed by atoms with Crippen molar-refractivity contribution in [2.75, 3.05) is 29.5 Å². The van der Waals surface area contributed by atoms with Gasteiger partial charge in [0.25, 0.3) is 5.69 Å².